The van der Waals surface area contributed by atoms with Crippen LogP contribution in [0.3, 0.4) is 0 Å². The second kappa shape index (κ2) is 10.3. The van der Waals surface area contributed by atoms with Gasteiger partial charge in [-0.05, 0) is 68.2 Å². The lowest BCUT2D eigenvalue weighted by molar-refractivity contribution is -0.113. The predicted molar refractivity (Wildman–Crippen MR) is 157 cm³/mol. The maximum Gasteiger partial charge on any atom is 0.270 e. The van der Waals surface area contributed by atoms with Crippen LogP contribution < -0.4 is 23.8 Å². The second-order valence-corrected chi connectivity index (χ2v) is 11.0. The number of nitrogens with zero attached hydrogens (tertiary/aromatic N) is 1. The SMILES string of the molecule is COc1cc(/C=C2\SC(=S)N(c3ccc4c(c3)OCO4)C2=O)cc(Br)c1OCc1cccc2ccccc12. The maximum absolute atomic E-state index is 13.3. The lowest BCUT2D eigenvalue weighted by Gasteiger charge is -2.15. The number of ether oxygens (including phenoxy) is 4. The Balaban J connectivity index is 1.25. The van der Waals surface area contributed by atoms with Gasteiger partial charge in [0, 0.05) is 6.07 Å². The highest BCUT2D eigenvalue weighted by Gasteiger charge is 2.34. The number of methoxy groups -OCH3 is 1. The van der Waals surface area contributed by atoms with E-state index in [4.69, 9.17) is 31.2 Å². The smallest absolute Gasteiger partial charge is 0.270 e. The molecule has 9 heteroatoms. The Kier molecular flexibility index (Phi) is 6.73. The summed E-state index contributed by atoms with van der Waals surface area (Å²) in [6.45, 7) is 0.541. The van der Waals surface area contributed by atoms with E-state index in [0.29, 0.717) is 44.5 Å². The zero-order valence-corrected chi connectivity index (χ0v) is 23.3. The molecule has 2 aliphatic heterocycles. The lowest BCUT2D eigenvalue weighted by Crippen LogP contribution is -2.27. The molecule has 190 valence electrons. The Morgan fingerprint density at radius 3 is 2.74 bits per heavy atom. The summed E-state index contributed by atoms with van der Waals surface area (Å²) in [7, 11) is 1.59. The van der Waals surface area contributed by atoms with E-state index in [0.717, 1.165) is 26.4 Å². The molecule has 1 saturated heterocycles. The first-order valence-corrected chi connectivity index (χ1v) is 13.7. The van der Waals surface area contributed by atoms with Gasteiger partial charge < -0.3 is 18.9 Å². The highest BCUT2D eigenvalue weighted by Crippen LogP contribution is 2.42. The predicted octanol–water partition coefficient (Wildman–Crippen LogP) is 7.32. The Labute approximate surface area is 237 Å². The molecule has 0 aliphatic carbocycles. The summed E-state index contributed by atoms with van der Waals surface area (Å²) in [6.07, 6.45) is 1.80. The Morgan fingerprint density at radius 2 is 1.87 bits per heavy atom. The molecule has 1 amide bonds. The van der Waals surface area contributed by atoms with E-state index in [9.17, 15) is 4.79 Å². The van der Waals surface area contributed by atoms with E-state index in [1.54, 1.807) is 31.4 Å². The standard InChI is InChI=1S/C29H20BrNO5S2/c1-33-25-12-17(11-22(30)27(25)34-15-19-7-4-6-18-5-2-3-8-21(18)19)13-26-28(32)31(29(37)38-26)20-9-10-23-24(14-20)36-16-35-23/h2-14H,15-16H2,1H3/b26-13-. The number of benzene rings is 4. The van der Waals surface area contributed by atoms with Gasteiger partial charge in [0.1, 0.15) is 6.61 Å². The average Bonchev–Trinajstić information content (AvgIpc) is 3.50. The van der Waals surface area contributed by atoms with Crippen molar-refractivity contribution in [3.05, 3.63) is 93.3 Å². The van der Waals surface area contributed by atoms with Crippen molar-refractivity contribution in [2.75, 3.05) is 18.8 Å². The van der Waals surface area contributed by atoms with Gasteiger partial charge in [0.2, 0.25) is 6.79 Å². The molecule has 0 aromatic heterocycles. The number of carbonyl (C=O) groups is 1. The van der Waals surface area contributed by atoms with Crippen molar-refractivity contribution >= 4 is 72.7 Å². The van der Waals surface area contributed by atoms with Crippen molar-refractivity contribution < 1.29 is 23.7 Å². The molecule has 6 nitrogen and oxygen atoms in total. The third kappa shape index (κ3) is 4.62. The number of fused-ring (bicyclic) bond motifs is 2. The first kappa shape index (κ1) is 24.8. The maximum atomic E-state index is 13.3. The third-order valence-corrected chi connectivity index (χ3v) is 8.10. The van der Waals surface area contributed by atoms with Crippen LogP contribution in [0.2, 0.25) is 0 Å². The van der Waals surface area contributed by atoms with E-state index in [1.807, 2.05) is 30.3 Å². The number of carbonyl (C=O) groups excluding carboxylic acids is 1. The first-order valence-electron chi connectivity index (χ1n) is 11.7. The summed E-state index contributed by atoms with van der Waals surface area (Å²) in [5.41, 5.74) is 2.49. The largest absolute Gasteiger partial charge is 0.493 e. The number of anilines is 1. The van der Waals surface area contributed by atoms with Crippen LogP contribution in [0.15, 0.2) is 82.2 Å². The van der Waals surface area contributed by atoms with Crippen molar-refractivity contribution in [3.8, 4) is 23.0 Å². The highest BCUT2D eigenvalue weighted by atomic mass is 79.9. The fourth-order valence-corrected chi connectivity index (χ4v) is 6.27. The Morgan fingerprint density at radius 1 is 1.05 bits per heavy atom. The zero-order valence-electron chi connectivity index (χ0n) is 20.1. The average molecular weight is 607 g/mol. The molecule has 0 saturated carbocycles. The highest BCUT2D eigenvalue weighted by molar-refractivity contribution is 9.10. The minimum absolute atomic E-state index is 0.162. The lowest BCUT2D eigenvalue weighted by atomic mass is 10.1. The summed E-state index contributed by atoms with van der Waals surface area (Å²) in [5, 5.41) is 2.30. The second-order valence-electron chi connectivity index (χ2n) is 8.52. The monoisotopic (exact) mass is 605 g/mol. The van der Waals surface area contributed by atoms with E-state index >= 15 is 0 Å². The van der Waals surface area contributed by atoms with Crippen LogP contribution in [0.1, 0.15) is 11.1 Å². The van der Waals surface area contributed by atoms with Crippen LogP contribution in [0.4, 0.5) is 5.69 Å². The van der Waals surface area contributed by atoms with Gasteiger partial charge in [-0.15, -0.1) is 0 Å². The molecule has 6 rings (SSSR count). The molecule has 1 fully saturated rings. The Bertz CT molecular complexity index is 1630. The fourth-order valence-electron chi connectivity index (χ4n) is 4.40. The summed E-state index contributed by atoms with van der Waals surface area (Å²) in [5.74, 6) is 2.18. The van der Waals surface area contributed by atoms with E-state index in [2.05, 4.69) is 40.2 Å². The van der Waals surface area contributed by atoms with Gasteiger partial charge in [0.15, 0.2) is 27.3 Å². The number of hydrogen-bond donors (Lipinski definition) is 0. The molecule has 0 unspecified atom stereocenters. The topological polar surface area (TPSA) is 57.2 Å². The fraction of sp³-hybridized carbons (Fsp3) is 0.103. The first-order chi connectivity index (χ1) is 18.5. The Hall–Kier alpha value is -3.53. The van der Waals surface area contributed by atoms with E-state index < -0.39 is 0 Å². The van der Waals surface area contributed by atoms with Crippen LogP contribution >= 0.6 is 39.9 Å². The van der Waals surface area contributed by atoms with Crippen LogP contribution in [0.25, 0.3) is 16.8 Å². The molecule has 4 aromatic rings. The van der Waals surface area contributed by atoms with E-state index in [1.165, 1.54) is 16.7 Å². The van der Waals surface area contributed by atoms with Crippen molar-refractivity contribution in [3.63, 3.8) is 0 Å². The molecule has 38 heavy (non-hydrogen) atoms. The number of halogens is 1. The minimum atomic E-state index is -0.203. The van der Waals surface area contributed by atoms with Gasteiger partial charge in [-0.3, -0.25) is 9.69 Å². The molecule has 0 atom stereocenters. The van der Waals surface area contributed by atoms with Crippen LogP contribution in [0.5, 0.6) is 23.0 Å². The van der Waals surface area contributed by atoms with Gasteiger partial charge in [0.05, 0.1) is 22.2 Å². The molecular formula is C29H20BrNO5S2. The minimum Gasteiger partial charge on any atom is -0.493 e. The third-order valence-electron chi connectivity index (χ3n) is 6.21. The molecule has 0 bridgehead atoms. The van der Waals surface area contributed by atoms with Gasteiger partial charge in [-0.2, -0.15) is 0 Å². The molecule has 4 aromatic carbocycles. The van der Waals surface area contributed by atoms with Crippen LogP contribution in [0, 0.1) is 0 Å². The van der Waals surface area contributed by atoms with Crippen LogP contribution in [-0.2, 0) is 11.4 Å². The summed E-state index contributed by atoms with van der Waals surface area (Å²) >= 11 is 10.4. The van der Waals surface area contributed by atoms with Gasteiger partial charge in [0.25, 0.3) is 5.91 Å². The summed E-state index contributed by atoms with van der Waals surface area (Å²) in [6, 6.07) is 23.4. The van der Waals surface area contributed by atoms with Gasteiger partial charge >= 0.3 is 0 Å². The van der Waals surface area contributed by atoms with Crippen molar-refractivity contribution in [1.82, 2.24) is 0 Å². The molecule has 2 aliphatic rings. The van der Waals surface area contributed by atoms with E-state index in [-0.39, 0.29) is 12.7 Å². The van der Waals surface area contributed by atoms with Gasteiger partial charge in [-0.25, -0.2) is 0 Å². The van der Waals surface area contributed by atoms with Gasteiger partial charge in [-0.1, -0.05) is 66.4 Å². The molecule has 2 heterocycles. The number of thioether (sulfide) groups is 1. The molecule has 0 spiro atoms. The summed E-state index contributed by atoms with van der Waals surface area (Å²) < 4.78 is 23.9. The summed E-state index contributed by atoms with van der Waals surface area (Å²) in [4.78, 5) is 15.3. The number of hydrogen-bond acceptors (Lipinski definition) is 7. The molecule has 0 radical (unpaired) electrons. The van der Waals surface area contributed by atoms with Crippen molar-refractivity contribution in [1.29, 1.82) is 0 Å². The molecule has 0 N–H and O–H groups in total. The number of amides is 1. The van der Waals surface area contributed by atoms with Crippen molar-refractivity contribution in [2.45, 2.75) is 6.61 Å². The quantitative estimate of drug-likeness (QED) is 0.168. The molecular weight excluding hydrogens is 586 g/mol. The number of thiocarbonyl (C=S) groups is 1. The number of rotatable bonds is 6. The normalized spacial score (nSPS) is 15.5. The zero-order chi connectivity index (χ0) is 26.2. The van der Waals surface area contributed by atoms with Crippen LogP contribution in [-0.4, -0.2) is 24.1 Å². The van der Waals surface area contributed by atoms with Crippen molar-refractivity contribution in [2.24, 2.45) is 0 Å².